The van der Waals surface area contributed by atoms with E-state index in [9.17, 15) is 0 Å². The number of aromatic nitrogens is 2. The van der Waals surface area contributed by atoms with Crippen LogP contribution < -0.4 is 11.5 Å². The summed E-state index contributed by atoms with van der Waals surface area (Å²) >= 11 is 6.01. The van der Waals surface area contributed by atoms with Crippen molar-refractivity contribution in [2.75, 3.05) is 11.5 Å². The monoisotopic (exact) mass is 264 g/mol. The van der Waals surface area contributed by atoms with Crippen molar-refractivity contribution in [3.8, 4) is 0 Å². The van der Waals surface area contributed by atoms with Crippen LogP contribution in [0.3, 0.4) is 0 Å². The molecule has 1 fully saturated rings. The third-order valence-corrected chi connectivity index (χ3v) is 3.98. The van der Waals surface area contributed by atoms with Gasteiger partial charge in [-0.25, -0.2) is 4.98 Å². The summed E-state index contributed by atoms with van der Waals surface area (Å²) in [4.78, 5) is 4.63. The molecule has 1 aliphatic carbocycles. The van der Waals surface area contributed by atoms with Crippen LogP contribution in [0, 0.1) is 0 Å². The quantitative estimate of drug-likeness (QED) is 0.831. The number of nitrogen functional groups attached to an aromatic ring is 2. The standard InChI is InChI=1S/C13H17ClN4/c14-9-6-10(15)13-17-11(12(16)18(13)7-9)8-4-2-1-3-5-8/h6-8H,1-5,15-16H2. The summed E-state index contributed by atoms with van der Waals surface area (Å²) in [6.45, 7) is 0. The Balaban J connectivity index is 2.13. The summed E-state index contributed by atoms with van der Waals surface area (Å²) in [5.74, 6) is 1.16. The number of pyridine rings is 1. The topological polar surface area (TPSA) is 69.3 Å². The van der Waals surface area contributed by atoms with E-state index in [0.717, 1.165) is 11.3 Å². The van der Waals surface area contributed by atoms with E-state index in [0.29, 0.717) is 22.4 Å². The van der Waals surface area contributed by atoms with Gasteiger partial charge in [0, 0.05) is 12.1 Å². The predicted octanol–water partition coefficient (Wildman–Crippen LogP) is 3.20. The van der Waals surface area contributed by atoms with Crippen molar-refractivity contribution in [2.45, 2.75) is 38.0 Å². The first kappa shape index (κ1) is 11.7. The smallest absolute Gasteiger partial charge is 0.162 e. The van der Waals surface area contributed by atoms with Gasteiger partial charge in [0.05, 0.1) is 16.4 Å². The molecule has 2 aromatic rings. The minimum absolute atomic E-state index is 0.469. The molecule has 0 saturated heterocycles. The van der Waals surface area contributed by atoms with Crippen molar-refractivity contribution in [3.63, 3.8) is 0 Å². The first-order chi connectivity index (χ1) is 8.66. The average molecular weight is 265 g/mol. The van der Waals surface area contributed by atoms with Crippen molar-refractivity contribution in [1.82, 2.24) is 9.38 Å². The molecule has 4 nitrogen and oxygen atoms in total. The molecule has 3 rings (SSSR count). The minimum Gasteiger partial charge on any atom is -0.396 e. The summed E-state index contributed by atoms with van der Waals surface area (Å²) in [5, 5.41) is 0.583. The third-order valence-electron chi connectivity index (χ3n) is 3.77. The molecule has 0 radical (unpaired) electrons. The van der Waals surface area contributed by atoms with Gasteiger partial charge in [-0.3, -0.25) is 4.40 Å². The molecule has 18 heavy (non-hydrogen) atoms. The highest BCUT2D eigenvalue weighted by Gasteiger charge is 2.22. The Morgan fingerprint density at radius 2 is 1.94 bits per heavy atom. The van der Waals surface area contributed by atoms with Crippen LogP contribution in [0.25, 0.3) is 5.65 Å². The van der Waals surface area contributed by atoms with Crippen LogP contribution in [-0.2, 0) is 0 Å². The highest BCUT2D eigenvalue weighted by molar-refractivity contribution is 6.30. The minimum atomic E-state index is 0.469. The second-order valence-corrected chi connectivity index (χ2v) is 5.46. The molecule has 0 bridgehead atoms. The number of halogens is 1. The van der Waals surface area contributed by atoms with E-state index in [1.54, 1.807) is 12.3 Å². The zero-order valence-electron chi connectivity index (χ0n) is 10.2. The molecule has 0 spiro atoms. The Morgan fingerprint density at radius 3 is 2.67 bits per heavy atom. The van der Waals surface area contributed by atoms with Gasteiger partial charge in [-0.15, -0.1) is 0 Å². The zero-order chi connectivity index (χ0) is 12.7. The van der Waals surface area contributed by atoms with Crippen molar-refractivity contribution in [1.29, 1.82) is 0 Å². The van der Waals surface area contributed by atoms with Crippen molar-refractivity contribution in [3.05, 3.63) is 23.0 Å². The number of fused-ring (bicyclic) bond motifs is 1. The largest absolute Gasteiger partial charge is 0.396 e. The molecule has 0 aromatic carbocycles. The lowest BCUT2D eigenvalue weighted by atomic mass is 9.87. The van der Waals surface area contributed by atoms with Gasteiger partial charge in [0.2, 0.25) is 0 Å². The molecule has 1 aliphatic rings. The number of nitrogens with zero attached hydrogens (tertiary/aromatic N) is 2. The van der Waals surface area contributed by atoms with Crippen molar-refractivity contribution in [2.24, 2.45) is 0 Å². The normalized spacial score (nSPS) is 17.4. The Bertz CT molecular complexity index is 584. The van der Waals surface area contributed by atoms with E-state index in [1.807, 2.05) is 4.40 Å². The van der Waals surface area contributed by atoms with E-state index in [4.69, 9.17) is 23.1 Å². The summed E-state index contributed by atoms with van der Waals surface area (Å²) in [6, 6.07) is 1.72. The zero-order valence-corrected chi connectivity index (χ0v) is 11.0. The van der Waals surface area contributed by atoms with Crippen molar-refractivity contribution < 1.29 is 0 Å². The van der Waals surface area contributed by atoms with Crippen LogP contribution in [0.15, 0.2) is 12.3 Å². The van der Waals surface area contributed by atoms with E-state index in [-0.39, 0.29) is 0 Å². The Labute approximate surface area is 111 Å². The van der Waals surface area contributed by atoms with Gasteiger partial charge in [0.25, 0.3) is 0 Å². The molecule has 0 amide bonds. The maximum absolute atomic E-state index is 6.19. The molecule has 2 heterocycles. The molecule has 5 heteroatoms. The molecule has 2 aromatic heterocycles. The van der Waals surface area contributed by atoms with Crippen LogP contribution in [0.5, 0.6) is 0 Å². The maximum atomic E-state index is 6.19. The predicted molar refractivity (Wildman–Crippen MR) is 74.9 cm³/mol. The molecular weight excluding hydrogens is 248 g/mol. The average Bonchev–Trinajstić information content (AvgIpc) is 2.69. The molecular formula is C13H17ClN4. The lowest BCUT2D eigenvalue weighted by molar-refractivity contribution is 0.439. The molecule has 96 valence electrons. The lowest BCUT2D eigenvalue weighted by Gasteiger charge is -2.20. The molecule has 0 atom stereocenters. The van der Waals surface area contributed by atoms with Crippen LogP contribution in [0.2, 0.25) is 5.02 Å². The number of imidazole rings is 1. The third kappa shape index (κ3) is 1.81. The number of anilines is 2. The number of nitrogens with two attached hydrogens (primary N) is 2. The number of hydrogen-bond donors (Lipinski definition) is 2. The summed E-state index contributed by atoms with van der Waals surface area (Å²) in [7, 11) is 0. The van der Waals surface area contributed by atoms with E-state index >= 15 is 0 Å². The maximum Gasteiger partial charge on any atom is 0.162 e. The Morgan fingerprint density at radius 1 is 1.22 bits per heavy atom. The SMILES string of the molecule is Nc1cc(Cl)cn2c(N)c(C3CCCCC3)nc12. The van der Waals surface area contributed by atoms with Crippen LogP contribution in [-0.4, -0.2) is 9.38 Å². The van der Waals surface area contributed by atoms with Gasteiger partial charge in [-0.2, -0.15) is 0 Å². The highest BCUT2D eigenvalue weighted by Crippen LogP contribution is 2.36. The van der Waals surface area contributed by atoms with Crippen LogP contribution in [0.1, 0.15) is 43.7 Å². The van der Waals surface area contributed by atoms with Gasteiger partial charge in [-0.05, 0) is 18.9 Å². The second-order valence-electron chi connectivity index (χ2n) is 5.02. The van der Waals surface area contributed by atoms with Gasteiger partial charge in [0.15, 0.2) is 5.65 Å². The Hall–Kier alpha value is -1.42. The van der Waals surface area contributed by atoms with Gasteiger partial charge in [0.1, 0.15) is 5.82 Å². The summed E-state index contributed by atoms with van der Waals surface area (Å²) < 4.78 is 1.81. The Kier molecular flexibility index (Phi) is 2.82. The van der Waals surface area contributed by atoms with Gasteiger partial charge < -0.3 is 11.5 Å². The van der Waals surface area contributed by atoms with E-state index in [1.165, 1.54) is 32.1 Å². The second kappa shape index (κ2) is 4.35. The highest BCUT2D eigenvalue weighted by atomic mass is 35.5. The van der Waals surface area contributed by atoms with E-state index < -0.39 is 0 Å². The summed E-state index contributed by atoms with van der Waals surface area (Å²) in [6.07, 6.45) is 7.95. The first-order valence-electron chi connectivity index (χ1n) is 6.39. The van der Waals surface area contributed by atoms with Crippen LogP contribution >= 0.6 is 11.6 Å². The van der Waals surface area contributed by atoms with Gasteiger partial charge >= 0.3 is 0 Å². The molecule has 4 N–H and O–H groups in total. The van der Waals surface area contributed by atoms with Crippen LogP contribution in [0.4, 0.5) is 11.5 Å². The molecule has 0 unspecified atom stereocenters. The first-order valence-corrected chi connectivity index (χ1v) is 6.77. The van der Waals surface area contributed by atoms with Crippen molar-refractivity contribution >= 4 is 28.8 Å². The van der Waals surface area contributed by atoms with Gasteiger partial charge in [-0.1, -0.05) is 30.9 Å². The number of rotatable bonds is 1. The number of hydrogen-bond acceptors (Lipinski definition) is 3. The summed E-state index contributed by atoms with van der Waals surface area (Å²) in [5.41, 5.74) is 14.4. The van der Waals surface area contributed by atoms with E-state index in [2.05, 4.69) is 4.98 Å². The fraction of sp³-hybridized carbons (Fsp3) is 0.462. The fourth-order valence-electron chi connectivity index (χ4n) is 2.85. The molecule has 0 aliphatic heterocycles. The fourth-order valence-corrected chi connectivity index (χ4v) is 3.06. The lowest BCUT2D eigenvalue weighted by Crippen LogP contribution is -2.07. The molecule has 1 saturated carbocycles.